The molecule has 9 heteroatoms. The predicted octanol–water partition coefficient (Wildman–Crippen LogP) is 4.84. The highest BCUT2D eigenvalue weighted by atomic mass is 32.2. The lowest BCUT2D eigenvalue weighted by molar-refractivity contribution is -0.139. The second kappa shape index (κ2) is 13.5. The molecule has 0 aliphatic carbocycles. The molecule has 214 valence electrons. The number of carbonyl (C=O) groups excluding carboxylic acids is 2. The minimum Gasteiger partial charge on any atom is -0.497 e. The van der Waals surface area contributed by atoms with Gasteiger partial charge in [0.15, 0.2) is 0 Å². The van der Waals surface area contributed by atoms with Crippen LogP contribution in [-0.2, 0) is 26.2 Å². The van der Waals surface area contributed by atoms with Gasteiger partial charge in [-0.25, -0.2) is 8.42 Å². The minimum atomic E-state index is -4.10. The number of hydrogen-bond acceptors (Lipinski definition) is 5. The van der Waals surface area contributed by atoms with Crippen molar-refractivity contribution in [2.45, 2.75) is 64.6 Å². The Kier molecular flexibility index (Phi) is 10.3. The van der Waals surface area contributed by atoms with Gasteiger partial charge in [-0.05, 0) is 81.6 Å². The highest BCUT2D eigenvalue weighted by Crippen LogP contribution is 2.26. The van der Waals surface area contributed by atoms with Crippen LogP contribution in [0.3, 0.4) is 0 Å². The van der Waals surface area contributed by atoms with Crippen molar-refractivity contribution < 1.29 is 22.7 Å². The number of carbonyl (C=O) groups is 2. The normalized spacial score (nSPS) is 12.8. The molecule has 2 atom stereocenters. The van der Waals surface area contributed by atoms with Gasteiger partial charge in [0, 0.05) is 12.6 Å². The first-order valence-electron chi connectivity index (χ1n) is 13.3. The number of aryl methyl sites for hydroxylation is 2. The van der Waals surface area contributed by atoms with Crippen molar-refractivity contribution in [2.24, 2.45) is 0 Å². The first kappa shape index (κ1) is 30.7. The highest BCUT2D eigenvalue weighted by molar-refractivity contribution is 7.92. The van der Waals surface area contributed by atoms with Crippen LogP contribution in [-0.4, -0.2) is 50.9 Å². The SMILES string of the molecule is CC[C@@H](C)NC(=O)[C@@H](C)N(Cc1ccc(OC)cc1)C(=O)CN(c1cccc(C)c1)S(=O)(=O)c1ccc(C)cc1. The van der Waals surface area contributed by atoms with Crippen molar-refractivity contribution in [1.82, 2.24) is 10.2 Å². The maximum atomic E-state index is 14.0. The van der Waals surface area contributed by atoms with Gasteiger partial charge in [-0.2, -0.15) is 0 Å². The Morgan fingerprint density at radius 2 is 1.57 bits per heavy atom. The third-order valence-corrected chi connectivity index (χ3v) is 8.65. The fraction of sp³-hybridized carbons (Fsp3) is 0.355. The molecular formula is C31H39N3O5S. The molecule has 0 saturated heterocycles. The molecule has 0 radical (unpaired) electrons. The molecule has 0 bridgehead atoms. The van der Waals surface area contributed by atoms with Crippen LogP contribution in [0, 0.1) is 13.8 Å². The van der Waals surface area contributed by atoms with Crippen LogP contribution in [0.5, 0.6) is 5.75 Å². The van der Waals surface area contributed by atoms with Crippen LogP contribution < -0.4 is 14.4 Å². The largest absolute Gasteiger partial charge is 0.497 e. The molecule has 3 aromatic rings. The quantitative estimate of drug-likeness (QED) is 0.339. The van der Waals surface area contributed by atoms with E-state index in [2.05, 4.69) is 5.32 Å². The molecule has 8 nitrogen and oxygen atoms in total. The van der Waals surface area contributed by atoms with E-state index in [0.717, 1.165) is 27.4 Å². The van der Waals surface area contributed by atoms with Crippen molar-refractivity contribution in [3.05, 3.63) is 89.5 Å². The lowest BCUT2D eigenvalue weighted by atomic mass is 10.1. The van der Waals surface area contributed by atoms with Crippen LogP contribution >= 0.6 is 0 Å². The van der Waals surface area contributed by atoms with Crippen molar-refractivity contribution >= 4 is 27.5 Å². The average Bonchev–Trinajstić information content (AvgIpc) is 2.94. The number of sulfonamides is 1. The molecule has 3 rings (SSSR count). The number of amides is 2. The third-order valence-electron chi connectivity index (χ3n) is 6.86. The summed E-state index contributed by atoms with van der Waals surface area (Å²) < 4.78 is 34.1. The summed E-state index contributed by atoms with van der Waals surface area (Å²) >= 11 is 0. The molecule has 0 heterocycles. The summed E-state index contributed by atoms with van der Waals surface area (Å²) in [6.07, 6.45) is 0.737. The van der Waals surface area contributed by atoms with Gasteiger partial charge in [0.1, 0.15) is 18.3 Å². The number of nitrogens with zero attached hydrogens (tertiary/aromatic N) is 2. The van der Waals surface area contributed by atoms with E-state index >= 15 is 0 Å². The monoisotopic (exact) mass is 565 g/mol. The van der Waals surface area contributed by atoms with Crippen LogP contribution in [0.15, 0.2) is 77.7 Å². The van der Waals surface area contributed by atoms with Crippen molar-refractivity contribution in [3.8, 4) is 5.75 Å². The molecule has 0 spiro atoms. The molecule has 40 heavy (non-hydrogen) atoms. The summed E-state index contributed by atoms with van der Waals surface area (Å²) in [5.41, 5.74) is 2.92. The number of ether oxygens (including phenoxy) is 1. The molecule has 0 unspecified atom stereocenters. The predicted molar refractivity (Wildman–Crippen MR) is 158 cm³/mol. The Balaban J connectivity index is 2.02. The lowest BCUT2D eigenvalue weighted by Crippen LogP contribution is -2.52. The number of hydrogen-bond donors (Lipinski definition) is 1. The van der Waals surface area contributed by atoms with Crippen molar-refractivity contribution in [2.75, 3.05) is 18.0 Å². The van der Waals surface area contributed by atoms with Gasteiger partial charge < -0.3 is 15.0 Å². The van der Waals surface area contributed by atoms with Crippen LogP contribution in [0.25, 0.3) is 0 Å². The molecule has 2 amide bonds. The first-order chi connectivity index (χ1) is 19.0. The van der Waals surface area contributed by atoms with Gasteiger partial charge in [-0.3, -0.25) is 13.9 Å². The third kappa shape index (κ3) is 7.63. The van der Waals surface area contributed by atoms with Crippen LogP contribution in [0.2, 0.25) is 0 Å². The fourth-order valence-electron chi connectivity index (χ4n) is 4.13. The smallest absolute Gasteiger partial charge is 0.264 e. The molecule has 0 saturated carbocycles. The van der Waals surface area contributed by atoms with E-state index in [1.807, 2.05) is 45.9 Å². The maximum Gasteiger partial charge on any atom is 0.264 e. The summed E-state index contributed by atoms with van der Waals surface area (Å²) in [5, 5.41) is 2.94. The van der Waals surface area contributed by atoms with Gasteiger partial charge in [0.2, 0.25) is 11.8 Å². The second-order valence-corrected chi connectivity index (χ2v) is 11.9. The Labute approximate surface area is 238 Å². The highest BCUT2D eigenvalue weighted by Gasteiger charge is 2.32. The number of methoxy groups -OCH3 is 1. The standard InChI is InChI=1S/C31H39N3O5S/c1-7-24(4)32-31(36)25(5)33(20-26-13-15-28(39-6)16-14-26)30(35)21-34(27-10-8-9-23(3)19-27)40(37,38)29-17-11-22(2)12-18-29/h8-19,24-25H,7,20-21H2,1-6H3,(H,32,36)/t24-,25-/m1/s1. The Bertz CT molecular complexity index is 1410. The fourth-order valence-corrected chi connectivity index (χ4v) is 5.53. The van der Waals surface area contributed by atoms with Gasteiger partial charge in [-0.1, -0.05) is 48.9 Å². The van der Waals surface area contributed by atoms with E-state index in [1.54, 1.807) is 56.5 Å². The van der Waals surface area contributed by atoms with E-state index in [-0.39, 0.29) is 23.4 Å². The molecule has 0 aliphatic rings. The summed E-state index contributed by atoms with van der Waals surface area (Å²) in [5.74, 6) is -0.140. The van der Waals surface area contributed by atoms with Gasteiger partial charge in [0.25, 0.3) is 10.0 Å². The van der Waals surface area contributed by atoms with E-state index in [1.165, 1.54) is 17.0 Å². The van der Waals surface area contributed by atoms with E-state index in [9.17, 15) is 18.0 Å². The van der Waals surface area contributed by atoms with Gasteiger partial charge >= 0.3 is 0 Å². The number of nitrogens with one attached hydrogen (secondary N) is 1. The summed E-state index contributed by atoms with van der Waals surface area (Å²) in [6.45, 7) is 8.89. The first-order valence-corrected chi connectivity index (χ1v) is 14.8. The van der Waals surface area contributed by atoms with Gasteiger partial charge in [-0.15, -0.1) is 0 Å². The van der Waals surface area contributed by atoms with Crippen molar-refractivity contribution in [1.29, 1.82) is 0 Å². The van der Waals surface area contributed by atoms with E-state index < -0.39 is 28.5 Å². The Morgan fingerprint density at radius 3 is 2.15 bits per heavy atom. The summed E-state index contributed by atoms with van der Waals surface area (Å²) in [4.78, 5) is 28.6. The number of benzene rings is 3. The molecule has 3 aromatic carbocycles. The van der Waals surface area contributed by atoms with E-state index in [4.69, 9.17) is 4.74 Å². The van der Waals surface area contributed by atoms with Crippen molar-refractivity contribution in [3.63, 3.8) is 0 Å². The maximum absolute atomic E-state index is 14.0. The number of anilines is 1. The minimum absolute atomic E-state index is 0.0707. The zero-order chi connectivity index (χ0) is 29.4. The molecule has 1 N–H and O–H groups in total. The molecular weight excluding hydrogens is 526 g/mol. The Hall–Kier alpha value is -3.85. The molecule has 0 aliphatic heterocycles. The van der Waals surface area contributed by atoms with E-state index in [0.29, 0.717) is 11.4 Å². The average molecular weight is 566 g/mol. The zero-order valence-corrected chi connectivity index (χ0v) is 24.9. The summed E-state index contributed by atoms with van der Waals surface area (Å²) in [6, 6.07) is 19.8. The van der Waals surface area contributed by atoms with Crippen LogP contribution in [0.4, 0.5) is 5.69 Å². The molecule has 0 aromatic heterocycles. The number of rotatable bonds is 12. The van der Waals surface area contributed by atoms with Crippen LogP contribution in [0.1, 0.15) is 43.9 Å². The summed E-state index contributed by atoms with van der Waals surface area (Å²) in [7, 11) is -2.53. The second-order valence-electron chi connectivity index (χ2n) is 10.0. The Morgan fingerprint density at radius 1 is 0.925 bits per heavy atom. The van der Waals surface area contributed by atoms with Gasteiger partial charge in [0.05, 0.1) is 17.7 Å². The topological polar surface area (TPSA) is 96.0 Å². The zero-order valence-electron chi connectivity index (χ0n) is 24.0. The molecule has 0 fully saturated rings. The lowest BCUT2D eigenvalue weighted by Gasteiger charge is -2.32.